The normalized spacial score (nSPS) is 14.4. The predicted octanol–water partition coefficient (Wildman–Crippen LogP) is 4.08. The number of carbonyl (C=O) groups is 1. The minimum Gasteiger partial charge on any atom is -0.368 e. The first-order valence-electron chi connectivity index (χ1n) is 12.3. The van der Waals surface area contributed by atoms with Gasteiger partial charge in [-0.3, -0.25) is 4.79 Å². The molecule has 0 radical (unpaired) electrons. The van der Waals surface area contributed by atoms with E-state index in [1.165, 1.54) is 6.92 Å². The standard InChI is InChI=1S/C26H24F6N8O/c1-11-16(31)6-12-19(39-40(23(12)35-11)7-13-14(29)4-5-15(30)18(13)32)22-36-20(34-10-26(33,8-27)9-28)17-21(37-22)38-24(41)25(17,2)3/h4-6H,7-10,33H2,1-3H3,(H2,34,36,37,38,41). The van der Waals surface area contributed by atoms with Crippen LogP contribution in [0.3, 0.4) is 0 Å². The Kier molecular flexibility index (Phi) is 6.88. The van der Waals surface area contributed by atoms with E-state index in [0.29, 0.717) is 11.6 Å². The summed E-state index contributed by atoms with van der Waals surface area (Å²) < 4.78 is 85.5. The molecular weight excluding hydrogens is 554 g/mol. The summed E-state index contributed by atoms with van der Waals surface area (Å²) in [6, 6.07) is 2.48. The summed E-state index contributed by atoms with van der Waals surface area (Å²) >= 11 is 0. The van der Waals surface area contributed by atoms with Crippen LogP contribution in [-0.2, 0) is 16.8 Å². The van der Waals surface area contributed by atoms with Crippen LogP contribution in [-0.4, -0.2) is 56.1 Å². The van der Waals surface area contributed by atoms with Gasteiger partial charge in [-0.2, -0.15) is 5.10 Å². The van der Waals surface area contributed by atoms with Gasteiger partial charge in [0.25, 0.3) is 0 Å². The highest BCUT2D eigenvalue weighted by molar-refractivity contribution is 6.06. The first-order valence-corrected chi connectivity index (χ1v) is 12.3. The lowest BCUT2D eigenvalue weighted by atomic mass is 9.87. The number of aryl methyl sites for hydroxylation is 1. The molecule has 5 rings (SSSR count). The molecule has 4 aromatic rings. The van der Waals surface area contributed by atoms with E-state index in [1.807, 2.05) is 0 Å². The van der Waals surface area contributed by atoms with Gasteiger partial charge < -0.3 is 16.4 Å². The molecule has 0 aliphatic carbocycles. The molecule has 1 aliphatic rings. The van der Waals surface area contributed by atoms with Gasteiger partial charge in [0.1, 0.15) is 42.3 Å². The highest BCUT2D eigenvalue weighted by Crippen LogP contribution is 2.42. The van der Waals surface area contributed by atoms with Crippen molar-refractivity contribution in [2.24, 2.45) is 5.73 Å². The zero-order chi connectivity index (χ0) is 29.9. The molecule has 0 spiro atoms. The van der Waals surface area contributed by atoms with Gasteiger partial charge >= 0.3 is 0 Å². The van der Waals surface area contributed by atoms with Gasteiger partial charge in [-0.1, -0.05) is 0 Å². The van der Waals surface area contributed by atoms with Crippen LogP contribution >= 0.6 is 0 Å². The van der Waals surface area contributed by atoms with Crippen molar-refractivity contribution in [2.75, 3.05) is 30.5 Å². The van der Waals surface area contributed by atoms with Crippen LogP contribution in [0.4, 0.5) is 38.0 Å². The molecule has 3 aromatic heterocycles. The molecule has 0 saturated carbocycles. The minimum atomic E-state index is -1.88. The SMILES string of the molecule is Cc1nc2c(cc1F)c(-c1nc(NCC(N)(CF)CF)c3c(n1)NC(=O)C3(C)C)nn2Cc1c(F)ccc(F)c1F. The van der Waals surface area contributed by atoms with Crippen LogP contribution in [0.25, 0.3) is 22.6 Å². The number of hydrogen-bond acceptors (Lipinski definition) is 7. The third kappa shape index (κ3) is 4.73. The van der Waals surface area contributed by atoms with E-state index >= 15 is 0 Å². The van der Waals surface area contributed by atoms with Crippen molar-refractivity contribution >= 4 is 28.6 Å². The number of amides is 1. The fraction of sp³-hybridized carbons (Fsp3) is 0.346. The molecule has 4 heterocycles. The molecule has 0 saturated heterocycles. The van der Waals surface area contributed by atoms with Gasteiger partial charge in [-0.05, 0) is 39.0 Å². The van der Waals surface area contributed by atoms with E-state index in [4.69, 9.17) is 5.73 Å². The monoisotopic (exact) mass is 578 g/mol. The Hall–Kier alpha value is -4.27. The van der Waals surface area contributed by atoms with Crippen LogP contribution in [0, 0.1) is 30.2 Å². The van der Waals surface area contributed by atoms with Gasteiger partial charge in [-0.25, -0.2) is 46.0 Å². The number of nitrogens with one attached hydrogen (secondary N) is 2. The molecule has 0 atom stereocenters. The maximum absolute atomic E-state index is 14.7. The number of nitrogens with zero attached hydrogens (tertiary/aromatic N) is 5. The molecule has 216 valence electrons. The third-order valence-corrected chi connectivity index (χ3v) is 6.98. The number of nitrogens with two attached hydrogens (primary N) is 1. The topological polar surface area (TPSA) is 124 Å². The van der Waals surface area contributed by atoms with E-state index in [-0.39, 0.29) is 39.9 Å². The lowest BCUT2D eigenvalue weighted by Gasteiger charge is -2.25. The molecule has 15 heteroatoms. The molecule has 0 unspecified atom stereocenters. The Balaban J connectivity index is 1.70. The molecule has 4 N–H and O–H groups in total. The lowest BCUT2D eigenvalue weighted by Crippen LogP contribution is -2.50. The second-order valence-electron chi connectivity index (χ2n) is 10.4. The van der Waals surface area contributed by atoms with Crippen LogP contribution in [0.2, 0.25) is 0 Å². The van der Waals surface area contributed by atoms with E-state index in [0.717, 1.165) is 16.8 Å². The third-order valence-electron chi connectivity index (χ3n) is 6.98. The van der Waals surface area contributed by atoms with E-state index in [9.17, 15) is 31.1 Å². The lowest BCUT2D eigenvalue weighted by molar-refractivity contribution is -0.119. The van der Waals surface area contributed by atoms with Crippen molar-refractivity contribution in [1.29, 1.82) is 0 Å². The van der Waals surface area contributed by atoms with Crippen molar-refractivity contribution in [1.82, 2.24) is 24.7 Å². The molecule has 41 heavy (non-hydrogen) atoms. The summed E-state index contributed by atoms with van der Waals surface area (Å²) in [5.41, 5.74) is 2.21. The van der Waals surface area contributed by atoms with Gasteiger partial charge in [-0.15, -0.1) is 0 Å². The Labute approximate surface area is 229 Å². The minimum absolute atomic E-state index is 0.00976. The molecule has 0 bridgehead atoms. The Morgan fingerprint density at radius 3 is 2.41 bits per heavy atom. The largest absolute Gasteiger partial charge is 0.368 e. The van der Waals surface area contributed by atoms with E-state index in [1.54, 1.807) is 13.8 Å². The molecule has 1 aliphatic heterocycles. The van der Waals surface area contributed by atoms with Gasteiger partial charge in [0.2, 0.25) is 5.91 Å². The average Bonchev–Trinajstić information content (AvgIpc) is 3.39. The maximum atomic E-state index is 14.7. The van der Waals surface area contributed by atoms with Gasteiger partial charge in [0.05, 0.1) is 34.1 Å². The van der Waals surface area contributed by atoms with E-state index < -0.39 is 72.1 Å². The number of aromatic nitrogens is 5. The Morgan fingerprint density at radius 1 is 1.05 bits per heavy atom. The summed E-state index contributed by atoms with van der Waals surface area (Å²) in [5, 5.41) is 9.80. The zero-order valence-corrected chi connectivity index (χ0v) is 22.0. The Bertz CT molecular complexity index is 1700. The van der Waals surface area contributed by atoms with Crippen LogP contribution < -0.4 is 16.4 Å². The predicted molar refractivity (Wildman–Crippen MR) is 138 cm³/mol. The summed E-state index contributed by atoms with van der Waals surface area (Å²) in [7, 11) is 0. The second kappa shape index (κ2) is 9.98. The number of rotatable bonds is 8. The number of anilines is 2. The fourth-order valence-electron chi connectivity index (χ4n) is 4.44. The van der Waals surface area contributed by atoms with Crippen LogP contribution in [0.15, 0.2) is 18.2 Å². The van der Waals surface area contributed by atoms with Crippen LogP contribution in [0.5, 0.6) is 0 Å². The number of halogens is 6. The fourth-order valence-corrected chi connectivity index (χ4v) is 4.44. The van der Waals surface area contributed by atoms with Gasteiger partial charge in [0, 0.05) is 12.1 Å². The maximum Gasteiger partial charge on any atom is 0.235 e. The van der Waals surface area contributed by atoms with Crippen molar-refractivity contribution in [2.45, 2.75) is 38.3 Å². The molecule has 0 fully saturated rings. The van der Waals surface area contributed by atoms with Crippen molar-refractivity contribution < 1.29 is 31.1 Å². The molecular formula is C26H24F6N8O. The van der Waals surface area contributed by atoms with Crippen molar-refractivity contribution in [3.63, 3.8) is 0 Å². The summed E-state index contributed by atoms with van der Waals surface area (Å²) in [6.45, 7) is 1.15. The first-order chi connectivity index (χ1) is 19.3. The quantitative estimate of drug-likeness (QED) is 0.213. The number of pyridine rings is 1. The smallest absolute Gasteiger partial charge is 0.235 e. The summed E-state index contributed by atoms with van der Waals surface area (Å²) in [4.78, 5) is 25.7. The Morgan fingerprint density at radius 2 is 1.73 bits per heavy atom. The van der Waals surface area contributed by atoms with Crippen molar-refractivity contribution in [3.05, 3.63) is 58.3 Å². The van der Waals surface area contributed by atoms with Crippen molar-refractivity contribution in [3.8, 4) is 11.5 Å². The molecule has 1 aromatic carbocycles. The zero-order valence-electron chi connectivity index (χ0n) is 22.0. The van der Waals surface area contributed by atoms with Gasteiger partial charge in [0.15, 0.2) is 23.1 Å². The average molecular weight is 579 g/mol. The van der Waals surface area contributed by atoms with E-state index in [2.05, 4.69) is 30.7 Å². The highest BCUT2D eigenvalue weighted by atomic mass is 19.2. The van der Waals surface area contributed by atoms with Crippen LogP contribution in [0.1, 0.15) is 30.7 Å². The number of alkyl halides is 2. The molecule has 9 nitrogen and oxygen atoms in total. The first kappa shape index (κ1) is 28.3. The number of fused-ring (bicyclic) bond motifs is 2. The molecule has 1 amide bonds. The summed E-state index contributed by atoms with van der Waals surface area (Å²) in [6.07, 6.45) is 0. The number of benzene rings is 1. The summed E-state index contributed by atoms with van der Waals surface area (Å²) in [5.74, 6) is -5.02. The number of carbonyl (C=O) groups excluding carboxylic acids is 1. The highest BCUT2D eigenvalue weighted by Gasteiger charge is 2.43. The number of hydrogen-bond donors (Lipinski definition) is 3. The second-order valence-corrected chi connectivity index (χ2v) is 10.4.